The van der Waals surface area contributed by atoms with Gasteiger partial charge in [-0.25, -0.2) is 4.98 Å². The van der Waals surface area contributed by atoms with Crippen LogP contribution in [0.25, 0.3) is 66.0 Å². The molecule has 0 unspecified atom stereocenters. The summed E-state index contributed by atoms with van der Waals surface area (Å²) in [5.74, 6) is 0.633. The highest BCUT2D eigenvalue weighted by Crippen LogP contribution is 2.54. The number of oxazole rings is 1. The van der Waals surface area contributed by atoms with Crippen LogP contribution in [0.3, 0.4) is 0 Å². The normalized spacial score (nSPS) is 13.3. The van der Waals surface area contributed by atoms with Crippen molar-refractivity contribution in [1.82, 2.24) is 4.98 Å². The molecule has 0 spiro atoms. The van der Waals surface area contributed by atoms with E-state index in [2.05, 4.69) is 158 Å². The van der Waals surface area contributed by atoms with Crippen LogP contribution in [0, 0.1) is 0 Å². The average Bonchev–Trinajstić information content (AvgIpc) is 3.70. The second-order valence-electron chi connectivity index (χ2n) is 13.5. The summed E-state index contributed by atoms with van der Waals surface area (Å²) in [5, 5.41) is 6.82. The fourth-order valence-electron chi connectivity index (χ4n) is 8.14. The fourth-order valence-corrected chi connectivity index (χ4v) is 8.14. The number of rotatable bonds is 4. The number of fused-ring (bicyclic) bond motifs is 11. The first-order chi connectivity index (χ1) is 24.1. The molecule has 0 saturated carbocycles. The molecule has 10 rings (SSSR count). The molecule has 1 aliphatic rings. The molecule has 3 nitrogen and oxygen atoms in total. The third kappa shape index (κ3) is 4.06. The lowest BCUT2D eigenvalue weighted by atomic mass is 9.82. The maximum Gasteiger partial charge on any atom is 0.227 e. The molecule has 1 aromatic heterocycles. The molecule has 0 saturated heterocycles. The molecule has 0 N–H and O–H groups in total. The quantitative estimate of drug-likeness (QED) is 0.182. The van der Waals surface area contributed by atoms with E-state index in [1.54, 1.807) is 0 Å². The third-order valence-corrected chi connectivity index (χ3v) is 10.5. The van der Waals surface area contributed by atoms with Crippen LogP contribution in [0.4, 0.5) is 17.1 Å². The maximum atomic E-state index is 6.62. The van der Waals surface area contributed by atoms with Gasteiger partial charge in [0.05, 0.1) is 5.69 Å². The van der Waals surface area contributed by atoms with Crippen molar-refractivity contribution >= 4 is 60.5 Å². The van der Waals surface area contributed by atoms with Crippen molar-refractivity contribution in [3.63, 3.8) is 0 Å². The molecule has 3 heteroatoms. The summed E-state index contributed by atoms with van der Waals surface area (Å²) in [6.07, 6.45) is 0. The van der Waals surface area contributed by atoms with Crippen molar-refractivity contribution in [2.24, 2.45) is 0 Å². The number of para-hydroxylation sites is 1. The van der Waals surface area contributed by atoms with Crippen molar-refractivity contribution in [2.75, 3.05) is 4.90 Å². The summed E-state index contributed by atoms with van der Waals surface area (Å²) in [5.41, 5.74) is 11.3. The van der Waals surface area contributed by atoms with Gasteiger partial charge in [-0.15, -0.1) is 0 Å². The van der Waals surface area contributed by atoms with Crippen LogP contribution in [0.5, 0.6) is 0 Å². The number of aromatic nitrogens is 1. The minimum atomic E-state index is -0.0973. The highest BCUT2D eigenvalue weighted by Gasteiger charge is 2.37. The zero-order chi connectivity index (χ0) is 32.7. The number of hydrogen-bond donors (Lipinski definition) is 0. The van der Waals surface area contributed by atoms with E-state index in [4.69, 9.17) is 9.40 Å². The lowest BCUT2D eigenvalue weighted by Crippen LogP contribution is -2.16. The van der Waals surface area contributed by atoms with Crippen LogP contribution in [0.1, 0.15) is 25.0 Å². The Labute approximate surface area is 284 Å². The minimum absolute atomic E-state index is 0.0973. The minimum Gasteiger partial charge on any atom is -0.435 e. The Morgan fingerprint density at radius 1 is 0.551 bits per heavy atom. The Balaban J connectivity index is 1.29. The molecule has 0 atom stereocenters. The van der Waals surface area contributed by atoms with Crippen LogP contribution in [0.2, 0.25) is 0 Å². The molecule has 0 aliphatic heterocycles. The zero-order valence-electron chi connectivity index (χ0n) is 27.3. The van der Waals surface area contributed by atoms with Gasteiger partial charge in [0, 0.05) is 38.7 Å². The zero-order valence-corrected chi connectivity index (χ0v) is 27.3. The predicted molar refractivity (Wildman–Crippen MR) is 204 cm³/mol. The highest BCUT2D eigenvalue weighted by molar-refractivity contribution is 6.29. The van der Waals surface area contributed by atoms with E-state index in [1.165, 1.54) is 33.3 Å². The third-order valence-electron chi connectivity index (χ3n) is 10.5. The maximum absolute atomic E-state index is 6.62. The lowest BCUT2D eigenvalue weighted by Gasteiger charge is -2.29. The summed E-state index contributed by atoms with van der Waals surface area (Å²) in [7, 11) is 0. The van der Waals surface area contributed by atoms with Gasteiger partial charge >= 0.3 is 0 Å². The van der Waals surface area contributed by atoms with E-state index in [-0.39, 0.29) is 5.41 Å². The molecule has 9 aromatic rings. The van der Waals surface area contributed by atoms with E-state index in [0.717, 1.165) is 55.0 Å². The van der Waals surface area contributed by atoms with Crippen LogP contribution < -0.4 is 4.90 Å². The Bertz CT molecular complexity index is 2740. The Morgan fingerprint density at radius 2 is 1.24 bits per heavy atom. The number of nitrogens with zero attached hydrogens (tertiary/aromatic N) is 2. The molecule has 0 fully saturated rings. The standard InChI is InChI=1S/C46H32N2O/c1-46(2)38-21-12-11-20-36(38)42-39(46)22-13-23-40(42)48(31-16-7-4-8-17-31)32-26-24-29-25-27-34-33-18-9-10-19-35(33)44-43(41(34)37(29)28-32)47-45(49-44)30-14-5-3-6-15-30/h3-28H,1-2H3. The van der Waals surface area contributed by atoms with Crippen LogP contribution in [0.15, 0.2) is 162 Å². The van der Waals surface area contributed by atoms with Gasteiger partial charge in [-0.3, -0.25) is 0 Å². The number of benzene rings is 8. The lowest BCUT2D eigenvalue weighted by molar-refractivity contribution is 0.623. The SMILES string of the molecule is CC1(C)c2ccccc2-c2c(N(c3ccccc3)c3ccc4ccc5c6ccccc6c6oc(-c7ccccc7)nc6c5c4c3)cccc21. The molecular weight excluding hydrogens is 597 g/mol. The van der Waals surface area contributed by atoms with Gasteiger partial charge in [0.25, 0.3) is 0 Å². The fraction of sp³-hybridized carbons (Fsp3) is 0.0652. The predicted octanol–water partition coefficient (Wildman–Crippen LogP) is 12.7. The summed E-state index contributed by atoms with van der Waals surface area (Å²) < 4.78 is 6.62. The second-order valence-corrected chi connectivity index (χ2v) is 13.5. The summed E-state index contributed by atoms with van der Waals surface area (Å²) in [6.45, 7) is 4.68. The van der Waals surface area contributed by atoms with Crippen molar-refractivity contribution in [3.05, 3.63) is 169 Å². The van der Waals surface area contributed by atoms with E-state index < -0.39 is 0 Å². The molecular formula is C46H32N2O. The van der Waals surface area contributed by atoms with Gasteiger partial charge in [-0.1, -0.05) is 129 Å². The van der Waals surface area contributed by atoms with Crippen molar-refractivity contribution in [3.8, 4) is 22.6 Å². The molecule has 0 bridgehead atoms. The first kappa shape index (κ1) is 27.9. The van der Waals surface area contributed by atoms with Gasteiger partial charge < -0.3 is 9.32 Å². The first-order valence-electron chi connectivity index (χ1n) is 16.9. The molecule has 1 heterocycles. The van der Waals surface area contributed by atoms with E-state index in [0.29, 0.717) is 5.89 Å². The smallest absolute Gasteiger partial charge is 0.227 e. The summed E-state index contributed by atoms with van der Waals surface area (Å²) in [6, 6.07) is 56.4. The molecule has 49 heavy (non-hydrogen) atoms. The number of anilines is 3. The largest absolute Gasteiger partial charge is 0.435 e. The summed E-state index contributed by atoms with van der Waals surface area (Å²) >= 11 is 0. The first-order valence-corrected chi connectivity index (χ1v) is 16.9. The number of hydrogen-bond acceptors (Lipinski definition) is 3. The highest BCUT2D eigenvalue weighted by atomic mass is 16.3. The Kier molecular flexibility index (Phi) is 5.92. The average molecular weight is 629 g/mol. The molecule has 0 amide bonds. The van der Waals surface area contributed by atoms with Crippen LogP contribution in [-0.4, -0.2) is 4.98 Å². The van der Waals surface area contributed by atoms with Crippen molar-refractivity contribution < 1.29 is 4.42 Å². The topological polar surface area (TPSA) is 29.3 Å². The van der Waals surface area contributed by atoms with Crippen molar-refractivity contribution in [2.45, 2.75) is 19.3 Å². The van der Waals surface area contributed by atoms with Gasteiger partial charge in [-0.2, -0.15) is 0 Å². The molecule has 0 radical (unpaired) electrons. The van der Waals surface area contributed by atoms with E-state index in [1.807, 2.05) is 18.2 Å². The van der Waals surface area contributed by atoms with Gasteiger partial charge in [-0.05, 0) is 80.7 Å². The summed E-state index contributed by atoms with van der Waals surface area (Å²) in [4.78, 5) is 7.63. The van der Waals surface area contributed by atoms with Crippen LogP contribution in [-0.2, 0) is 5.41 Å². The van der Waals surface area contributed by atoms with E-state index in [9.17, 15) is 0 Å². The molecule has 8 aromatic carbocycles. The van der Waals surface area contributed by atoms with E-state index >= 15 is 0 Å². The van der Waals surface area contributed by atoms with Crippen LogP contribution >= 0.6 is 0 Å². The van der Waals surface area contributed by atoms with Crippen molar-refractivity contribution in [1.29, 1.82) is 0 Å². The second kappa shape index (κ2) is 10.4. The van der Waals surface area contributed by atoms with Gasteiger partial charge in [0.2, 0.25) is 5.89 Å². The Morgan fingerprint density at radius 3 is 2.08 bits per heavy atom. The van der Waals surface area contributed by atoms with Gasteiger partial charge in [0.1, 0.15) is 5.52 Å². The molecule has 1 aliphatic carbocycles. The Hall–Kier alpha value is -6.19. The van der Waals surface area contributed by atoms with Gasteiger partial charge in [0.15, 0.2) is 5.58 Å². The monoisotopic (exact) mass is 628 g/mol. The molecule has 232 valence electrons.